The summed E-state index contributed by atoms with van der Waals surface area (Å²) in [4.78, 5) is 155. The zero-order chi connectivity index (χ0) is 102. The quantitative estimate of drug-likeness (QED) is 0.0199. The van der Waals surface area contributed by atoms with Crippen LogP contribution in [-0.4, -0.2) is 144 Å². The topological polar surface area (TPSA) is 361 Å². The number of hydrogen-bond donors (Lipinski definition) is 5. The van der Waals surface area contributed by atoms with Crippen molar-refractivity contribution in [3.05, 3.63) is 249 Å². The molecule has 10 aromatic rings. The third-order valence-corrected chi connectivity index (χ3v) is 30.0. The second kappa shape index (κ2) is 38.6. The first-order chi connectivity index (χ1) is 67.7. The number of alkyl halides is 3. The molecule has 0 saturated heterocycles. The summed E-state index contributed by atoms with van der Waals surface area (Å²) < 4.78 is 124. The maximum Gasteiger partial charge on any atom is 0.389 e. The van der Waals surface area contributed by atoms with E-state index in [9.17, 15) is 89.0 Å². The third kappa shape index (κ3) is 21.8. The number of anilines is 2. The molecule has 0 radical (unpaired) electrons. The average Bonchev–Trinajstić information content (AvgIpc) is 1.52. The summed E-state index contributed by atoms with van der Waals surface area (Å²) in [6, 6.07) is 39.7. The predicted molar refractivity (Wildman–Crippen MR) is 513 cm³/mol. The van der Waals surface area contributed by atoms with Gasteiger partial charge in [-0.05, 0) is 259 Å². The average molecular weight is 2050 g/mol. The molecule has 4 heterocycles. The summed E-state index contributed by atoms with van der Waals surface area (Å²) in [5, 5.41) is 23.7. The molecular weight excluding hydrogens is 1950 g/mol. The third-order valence-electron chi connectivity index (χ3n) is 28.8. The minimum absolute atomic E-state index is 0.00198. The van der Waals surface area contributed by atoms with Gasteiger partial charge in [-0.2, -0.15) is 13.2 Å². The van der Waals surface area contributed by atoms with Gasteiger partial charge in [-0.15, -0.1) is 0 Å². The van der Waals surface area contributed by atoms with E-state index in [0.29, 0.717) is 125 Å². The number of Topliss-reactive ketones (excluding diaryl/α,β-unsaturated/α-hetero) is 4. The van der Waals surface area contributed by atoms with E-state index in [1.807, 2.05) is 13.0 Å². The van der Waals surface area contributed by atoms with Crippen LogP contribution in [0.4, 0.5) is 37.7 Å². The molecule has 2 unspecified atom stereocenters. The van der Waals surface area contributed by atoms with Crippen LogP contribution in [0.25, 0.3) is 21.9 Å². The molecule has 37 heteroatoms. The number of carbonyl (C=O) groups excluding carboxylic acids is 10. The summed E-state index contributed by atoms with van der Waals surface area (Å²) in [6.45, 7) is 6.27. The van der Waals surface area contributed by atoms with Crippen molar-refractivity contribution in [2.24, 2.45) is 27.6 Å². The number of aromatic hydroxyl groups is 1. The van der Waals surface area contributed by atoms with E-state index in [-0.39, 0.29) is 228 Å². The van der Waals surface area contributed by atoms with Crippen LogP contribution in [0, 0.1) is 72.7 Å². The van der Waals surface area contributed by atoms with Crippen molar-refractivity contribution in [1.29, 1.82) is 0 Å². The van der Waals surface area contributed by atoms with Crippen molar-refractivity contribution in [3.63, 3.8) is 0 Å². The molecule has 13 aliphatic carbocycles. The van der Waals surface area contributed by atoms with E-state index < -0.39 is 54.3 Å². The monoisotopic (exact) mass is 2040 g/mol. The molecule has 15 aliphatic rings. The van der Waals surface area contributed by atoms with Crippen molar-refractivity contribution < 1.29 is 117 Å². The molecule has 2 aromatic heterocycles. The van der Waals surface area contributed by atoms with Crippen molar-refractivity contribution >= 4 is 138 Å². The van der Waals surface area contributed by atoms with Crippen molar-refractivity contribution in [2.75, 3.05) is 49.3 Å². The zero-order valence-electron chi connectivity index (χ0n) is 77.9. The number of ether oxygens (including phenoxy) is 6. The molecule has 25 rings (SSSR count). The van der Waals surface area contributed by atoms with Gasteiger partial charge in [-0.1, -0.05) is 70.7 Å². The lowest BCUT2D eigenvalue weighted by Gasteiger charge is -2.70. The van der Waals surface area contributed by atoms with Gasteiger partial charge in [0.1, 0.15) is 69.9 Å². The molecule has 2 atom stereocenters. The first-order valence-corrected chi connectivity index (χ1v) is 48.3. The van der Waals surface area contributed by atoms with Gasteiger partial charge in [-0.3, -0.25) is 57.5 Å². The van der Waals surface area contributed by atoms with Gasteiger partial charge >= 0.3 is 6.18 Å². The molecule has 748 valence electrons. The molecule has 2 aliphatic heterocycles. The number of fused-ring (bicyclic) bond motifs is 4. The molecule has 143 heavy (non-hydrogen) atoms. The second-order valence-corrected chi connectivity index (χ2v) is 42.4. The summed E-state index contributed by atoms with van der Waals surface area (Å²) in [7, 11) is 0. The molecule has 8 bridgehead atoms. The number of phenols is 1. The highest BCUT2D eigenvalue weighted by atomic mass is 35.5. The van der Waals surface area contributed by atoms with Crippen molar-refractivity contribution in [3.8, 4) is 40.2 Å². The van der Waals surface area contributed by atoms with Gasteiger partial charge in [-0.25, -0.2) is 13.2 Å². The molecule has 6 amide bonds. The Labute approximate surface area is 834 Å². The molecule has 13 fully saturated rings. The van der Waals surface area contributed by atoms with Crippen LogP contribution in [0.3, 0.4) is 0 Å². The van der Waals surface area contributed by atoms with Gasteiger partial charge in [0, 0.05) is 107 Å². The van der Waals surface area contributed by atoms with Gasteiger partial charge in [0.05, 0.1) is 51.7 Å². The number of aryl methyl sites for hydroxylation is 4. The maximum absolute atomic E-state index is 13.6. The number of nitrogens with one attached hydrogen (secondary N) is 4. The Morgan fingerprint density at radius 2 is 0.923 bits per heavy atom. The van der Waals surface area contributed by atoms with Crippen LogP contribution in [0.2, 0.25) is 20.1 Å². The smallest absolute Gasteiger partial charge is 0.389 e. The Balaban J connectivity index is 0.000000126. The number of amides is 6. The number of benzene rings is 8. The first kappa shape index (κ1) is 100. The van der Waals surface area contributed by atoms with Crippen LogP contribution in [0.5, 0.6) is 40.2 Å². The second-order valence-electron chi connectivity index (χ2n) is 40.8. The van der Waals surface area contributed by atoms with Crippen molar-refractivity contribution in [2.45, 2.75) is 197 Å². The molecule has 27 nitrogen and oxygen atoms in total. The van der Waals surface area contributed by atoms with E-state index >= 15 is 0 Å². The molecule has 13 saturated carbocycles. The molecular formula is C106H98Cl4F6N6O21. The van der Waals surface area contributed by atoms with Gasteiger partial charge < -0.3 is 73.4 Å². The Hall–Kier alpha value is -13.0. The Morgan fingerprint density at radius 1 is 0.455 bits per heavy atom. The standard InChI is InChI=1S/C28H28Cl2N2O5.C28H27ClF4N2O5.C25H21ClFNO5.C25H22FNO6/c1-16-8-20(5-6-21(16)30)36-12-19(33)10-27-13-28(14-27,15-27)31-25(34)24-11-32(26(35)17-2-3-17)22-9-18(29)4-7-23(22)37-24;1-16-2-5-22-20(8-16)35(25(38)6-7-28(31,32)33)11-23(40-22)21(36)10-26-13-27(14-26,15-26)34-24(37)12-39-17-3-4-18(29)19(30)9-17;1-14-5-6-15(7-18(14)27)32-10-22(31)28-25-11-24(12-25,13-25)9-20(30)21-8-19(29)16-3-2-4-17(26)23(16)33-21;1-14-2-4-16(7-18(14)26)32-10-23(31)27-25-11-24(12-25,13-25)9-20(30)22-8-19(29)17-5-3-15(28)6-21(17)33-22/h4-9,17,24H,2-3,10-15H2,1H3,(H,31,34);2-5,8-9,23H,6-7,10-15H2,1H3,(H,34,37);2-8H,9-13H2,1H3,(H,28,31);2-8,28H,9-13H2,1H3,(H,27,31). The number of nitrogens with zero attached hydrogens (tertiary/aromatic N) is 2. The first-order valence-electron chi connectivity index (χ1n) is 46.8. The fourth-order valence-electron chi connectivity index (χ4n) is 22.5. The summed E-state index contributed by atoms with van der Waals surface area (Å²) >= 11 is 24.0. The van der Waals surface area contributed by atoms with Crippen molar-refractivity contribution in [1.82, 2.24) is 21.3 Å². The molecule has 8 aromatic carbocycles. The Morgan fingerprint density at radius 3 is 1.45 bits per heavy atom. The number of carbonyl (C=O) groups is 10. The van der Waals surface area contributed by atoms with E-state index in [0.717, 1.165) is 49.3 Å². The molecule has 0 spiro atoms. The highest BCUT2D eigenvalue weighted by Gasteiger charge is 2.72. The van der Waals surface area contributed by atoms with E-state index in [4.69, 9.17) is 83.7 Å². The summed E-state index contributed by atoms with van der Waals surface area (Å²) in [5.74, 6) is -1.95. The Kier molecular flexibility index (Phi) is 27.0. The maximum atomic E-state index is 13.6. The normalized spacial score (nSPS) is 24.5. The van der Waals surface area contributed by atoms with Gasteiger partial charge in [0.2, 0.25) is 11.8 Å². The number of halogens is 10. The fourth-order valence-corrected chi connectivity index (χ4v) is 23.1. The molecule has 5 N–H and O–H groups in total. The van der Waals surface area contributed by atoms with E-state index in [1.54, 1.807) is 117 Å². The highest BCUT2D eigenvalue weighted by Crippen LogP contribution is 2.72. The zero-order valence-corrected chi connectivity index (χ0v) is 80.9. The van der Waals surface area contributed by atoms with Crippen LogP contribution in [0.1, 0.15) is 172 Å². The summed E-state index contributed by atoms with van der Waals surface area (Å²) in [6.07, 6.45) is 2.65. The minimum Gasteiger partial charge on any atom is -0.508 e. The van der Waals surface area contributed by atoms with Gasteiger partial charge in [0.25, 0.3) is 23.6 Å². The Bertz CT molecular complexity index is 6970. The van der Waals surface area contributed by atoms with E-state index in [1.165, 1.54) is 59.5 Å². The van der Waals surface area contributed by atoms with Crippen LogP contribution < -0.4 is 70.3 Å². The number of ketones is 4. The lowest BCUT2D eigenvalue weighted by Crippen LogP contribution is -2.76. The van der Waals surface area contributed by atoms with Crippen LogP contribution in [0.15, 0.2) is 176 Å². The minimum atomic E-state index is -4.47. The number of phenolic OH excluding ortho intramolecular Hbond substituents is 1. The van der Waals surface area contributed by atoms with Crippen LogP contribution >= 0.6 is 46.4 Å². The van der Waals surface area contributed by atoms with Crippen LogP contribution in [-0.2, 0) is 38.4 Å². The highest BCUT2D eigenvalue weighted by molar-refractivity contribution is 6.35. The number of para-hydroxylation sites is 1. The number of hydrogen-bond acceptors (Lipinski definition) is 21. The SMILES string of the molecule is Cc1cc(OCC(=O)CC23CC(NC(=O)C4CN(C(=O)C5CC5)c5cc(Cl)ccc5O4)(C2)C3)ccc1Cl.Cc1ccc(OCC(=O)NC23CC(CC(=O)c4cc(=O)c5ccc(O)cc5o4)(C2)C3)cc1F.Cc1ccc(OCC(=O)NC23CC(CC(=O)c4cc(=O)c5cccc(Cl)c5o4)(C2)C3)cc1F.Cc1ccc2c(c1)N(C(=O)CCC(F)(F)F)CC(C(=O)CC13CC(NC(=O)COc4ccc(Cl)c(F)c4)(C1)C3)O2. The summed E-state index contributed by atoms with van der Waals surface area (Å²) in [5.41, 5.74) is 1.26. The van der Waals surface area contributed by atoms with Gasteiger partial charge in [0.15, 0.2) is 83.1 Å². The predicted octanol–water partition coefficient (Wildman–Crippen LogP) is 18.4. The van der Waals surface area contributed by atoms with E-state index in [2.05, 4.69) is 21.3 Å². The fraction of sp³-hybridized carbons (Fsp3) is 0.396. The lowest BCUT2D eigenvalue weighted by atomic mass is 9.38. The number of rotatable bonds is 31. The largest absolute Gasteiger partial charge is 0.508 e. The lowest BCUT2D eigenvalue weighted by molar-refractivity contribution is -0.176.